The van der Waals surface area contributed by atoms with Crippen LogP contribution in [0.3, 0.4) is 0 Å². The Morgan fingerprint density at radius 2 is 2.28 bits per heavy atom. The summed E-state index contributed by atoms with van der Waals surface area (Å²) in [5.74, 6) is 2.98. The molecule has 1 unspecified atom stereocenters. The molecule has 1 aliphatic heterocycles. The zero-order valence-corrected chi connectivity index (χ0v) is 10.7. The van der Waals surface area contributed by atoms with Crippen LogP contribution in [-0.2, 0) is 0 Å². The highest BCUT2D eigenvalue weighted by Crippen LogP contribution is 2.37. The molecule has 5 nitrogen and oxygen atoms in total. The first-order valence-corrected chi connectivity index (χ1v) is 7.05. The highest BCUT2D eigenvalue weighted by Gasteiger charge is 2.21. The summed E-state index contributed by atoms with van der Waals surface area (Å²) in [6, 6.07) is 3.57. The van der Waals surface area contributed by atoms with E-state index in [9.17, 15) is 0 Å². The molecule has 0 saturated carbocycles. The maximum Gasteiger partial charge on any atom is 0.259 e. The number of aromatic nitrogens is 3. The Kier molecular flexibility index (Phi) is 3.19. The number of rotatable bonds is 2. The van der Waals surface area contributed by atoms with Crippen LogP contribution in [-0.4, -0.2) is 20.9 Å². The molecule has 94 valence electrons. The minimum atomic E-state index is 0.373. The second kappa shape index (κ2) is 4.97. The Morgan fingerprint density at radius 1 is 1.33 bits per heavy atom. The van der Waals surface area contributed by atoms with E-state index in [1.807, 2.05) is 17.8 Å². The summed E-state index contributed by atoms with van der Waals surface area (Å²) in [4.78, 5) is 8.48. The second-order valence-corrected chi connectivity index (χ2v) is 5.60. The number of nitrogens with zero attached hydrogens (tertiary/aromatic N) is 3. The van der Waals surface area contributed by atoms with Gasteiger partial charge in [0.2, 0.25) is 0 Å². The largest absolute Gasteiger partial charge is 0.384 e. The molecule has 0 aliphatic carbocycles. The number of thioether (sulfide) groups is 1. The van der Waals surface area contributed by atoms with Crippen LogP contribution in [0.4, 0.5) is 5.82 Å². The molecule has 18 heavy (non-hydrogen) atoms. The predicted octanol–water partition coefficient (Wildman–Crippen LogP) is 2.67. The van der Waals surface area contributed by atoms with Gasteiger partial charge < -0.3 is 10.3 Å². The van der Waals surface area contributed by atoms with Crippen molar-refractivity contribution in [3.63, 3.8) is 0 Å². The smallest absolute Gasteiger partial charge is 0.259 e. The van der Waals surface area contributed by atoms with Gasteiger partial charge in [0.15, 0.2) is 5.82 Å². The summed E-state index contributed by atoms with van der Waals surface area (Å²) >= 11 is 1.91. The van der Waals surface area contributed by atoms with Gasteiger partial charge in [0.05, 0.1) is 10.8 Å². The summed E-state index contributed by atoms with van der Waals surface area (Å²) in [6.07, 6.45) is 5.31. The number of nitrogen functional groups attached to an aromatic ring is 1. The molecule has 0 spiro atoms. The first kappa shape index (κ1) is 11.5. The van der Waals surface area contributed by atoms with Crippen molar-refractivity contribution in [2.75, 3.05) is 11.5 Å². The van der Waals surface area contributed by atoms with Gasteiger partial charge in [-0.3, -0.25) is 0 Å². The molecule has 2 aromatic heterocycles. The maximum atomic E-state index is 5.55. The molecule has 0 radical (unpaired) electrons. The van der Waals surface area contributed by atoms with Crippen LogP contribution in [0.5, 0.6) is 0 Å². The second-order valence-electron chi connectivity index (χ2n) is 4.28. The fourth-order valence-corrected chi connectivity index (χ4v) is 3.19. The van der Waals surface area contributed by atoms with Crippen LogP contribution >= 0.6 is 11.8 Å². The van der Waals surface area contributed by atoms with Gasteiger partial charge in [0, 0.05) is 6.20 Å². The van der Waals surface area contributed by atoms with Crippen LogP contribution < -0.4 is 5.73 Å². The Balaban J connectivity index is 1.82. The standard InChI is InChI=1S/C12H14N4OS/c13-10-5-4-8(7-14-10)12-15-11(16-17-12)9-3-1-2-6-18-9/h4-5,7,9H,1-3,6H2,(H2,13,14). The van der Waals surface area contributed by atoms with E-state index in [2.05, 4.69) is 15.1 Å². The van der Waals surface area contributed by atoms with E-state index in [4.69, 9.17) is 10.3 Å². The van der Waals surface area contributed by atoms with Crippen LogP contribution in [0.15, 0.2) is 22.9 Å². The van der Waals surface area contributed by atoms with Crippen molar-refractivity contribution in [3.8, 4) is 11.5 Å². The SMILES string of the molecule is Nc1ccc(-c2nc(C3CCCCS3)no2)cn1. The van der Waals surface area contributed by atoms with Gasteiger partial charge in [-0.2, -0.15) is 16.7 Å². The van der Waals surface area contributed by atoms with Gasteiger partial charge >= 0.3 is 0 Å². The number of nitrogens with two attached hydrogens (primary N) is 1. The Hall–Kier alpha value is -1.56. The van der Waals surface area contributed by atoms with Gasteiger partial charge in [-0.1, -0.05) is 11.6 Å². The van der Waals surface area contributed by atoms with Gasteiger partial charge in [0.25, 0.3) is 5.89 Å². The zero-order valence-electron chi connectivity index (χ0n) is 9.87. The summed E-state index contributed by atoms with van der Waals surface area (Å²) < 4.78 is 5.29. The number of hydrogen-bond acceptors (Lipinski definition) is 6. The van der Waals surface area contributed by atoms with E-state index >= 15 is 0 Å². The molecule has 3 rings (SSSR count). The third kappa shape index (κ3) is 2.33. The highest BCUT2D eigenvalue weighted by molar-refractivity contribution is 7.99. The van der Waals surface area contributed by atoms with Crippen molar-refractivity contribution in [1.29, 1.82) is 0 Å². The average Bonchev–Trinajstić information content (AvgIpc) is 2.90. The van der Waals surface area contributed by atoms with Crippen molar-refractivity contribution in [2.45, 2.75) is 24.5 Å². The van der Waals surface area contributed by atoms with Crippen LogP contribution in [0.2, 0.25) is 0 Å². The van der Waals surface area contributed by atoms with E-state index in [0.717, 1.165) is 17.8 Å². The van der Waals surface area contributed by atoms with Crippen molar-refractivity contribution in [2.24, 2.45) is 0 Å². The Bertz CT molecular complexity index is 519. The summed E-state index contributed by atoms with van der Waals surface area (Å²) in [7, 11) is 0. The Labute approximate surface area is 109 Å². The first-order chi connectivity index (χ1) is 8.83. The molecule has 3 heterocycles. The molecule has 0 amide bonds. The maximum absolute atomic E-state index is 5.55. The van der Waals surface area contributed by atoms with Crippen molar-refractivity contribution >= 4 is 17.6 Å². The topological polar surface area (TPSA) is 77.8 Å². The molecule has 1 atom stereocenters. The third-order valence-corrected chi connectivity index (χ3v) is 4.32. The van der Waals surface area contributed by atoms with Gasteiger partial charge in [-0.25, -0.2) is 4.98 Å². The third-order valence-electron chi connectivity index (χ3n) is 2.94. The van der Waals surface area contributed by atoms with Gasteiger partial charge in [-0.05, 0) is 30.7 Å². The Morgan fingerprint density at radius 3 is 3.00 bits per heavy atom. The van der Waals surface area contributed by atoms with E-state index in [-0.39, 0.29) is 0 Å². The minimum absolute atomic E-state index is 0.373. The quantitative estimate of drug-likeness (QED) is 0.896. The molecular formula is C12H14N4OS. The minimum Gasteiger partial charge on any atom is -0.384 e. The number of hydrogen-bond donors (Lipinski definition) is 1. The number of anilines is 1. The summed E-state index contributed by atoms with van der Waals surface area (Å²) in [5, 5.41) is 4.45. The molecule has 0 aromatic carbocycles. The molecule has 6 heteroatoms. The van der Waals surface area contributed by atoms with E-state index in [1.54, 1.807) is 12.3 Å². The van der Waals surface area contributed by atoms with Crippen LogP contribution in [0, 0.1) is 0 Å². The van der Waals surface area contributed by atoms with E-state index in [1.165, 1.54) is 18.6 Å². The molecule has 1 fully saturated rings. The molecule has 2 aromatic rings. The molecule has 1 aliphatic rings. The van der Waals surface area contributed by atoms with E-state index < -0.39 is 0 Å². The van der Waals surface area contributed by atoms with Gasteiger partial charge in [-0.15, -0.1) is 0 Å². The summed E-state index contributed by atoms with van der Waals surface area (Å²) in [6.45, 7) is 0. The lowest BCUT2D eigenvalue weighted by Gasteiger charge is -2.17. The normalized spacial score (nSPS) is 19.9. The summed E-state index contributed by atoms with van der Waals surface area (Å²) in [5.41, 5.74) is 6.35. The van der Waals surface area contributed by atoms with Crippen molar-refractivity contribution in [1.82, 2.24) is 15.1 Å². The number of pyridine rings is 1. The highest BCUT2D eigenvalue weighted by atomic mass is 32.2. The first-order valence-electron chi connectivity index (χ1n) is 6.00. The molecule has 2 N–H and O–H groups in total. The predicted molar refractivity (Wildman–Crippen MR) is 71.0 cm³/mol. The fourth-order valence-electron chi connectivity index (χ4n) is 1.96. The average molecular weight is 262 g/mol. The molecule has 1 saturated heterocycles. The fraction of sp³-hybridized carbons (Fsp3) is 0.417. The van der Waals surface area contributed by atoms with Crippen LogP contribution in [0.1, 0.15) is 30.3 Å². The van der Waals surface area contributed by atoms with Gasteiger partial charge in [0.1, 0.15) is 5.82 Å². The van der Waals surface area contributed by atoms with E-state index in [0.29, 0.717) is 17.0 Å². The monoisotopic (exact) mass is 262 g/mol. The zero-order chi connectivity index (χ0) is 12.4. The van der Waals surface area contributed by atoms with Crippen molar-refractivity contribution < 1.29 is 4.52 Å². The lowest BCUT2D eigenvalue weighted by atomic mass is 10.2. The van der Waals surface area contributed by atoms with Crippen molar-refractivity contribution in [3.05, 3.63) is 24.2 Å². The molecule has 0 bridgehead atoms. The lowest BCUT2D eigenvalue weighted by molar-refractivity contribution is 0.420. The van der Waals surface area contributed by atoms with Crippen LogP contribution in [0.25, 0.3) is 11.5 Å². The molecular weight excluding hydrogens is 248 g/mol. The lowest BCUT2D eigenvalue weighted by Crippen LogP contribution is -2.03.